The molecule has 9 rings (SSSR count). The monoisotopic (exact) mass is 1110 g/mol. The van der Waals surface area contributed by atoms with E-state index >= 15 is 0 Å². The van der Waals surface area contributed by atoms with Crippen molar-refractivity contribution in [3.63, 3.8) is 0 Å². The number of amides is 5. The summed E-state index contributed by atoms with van der Waals surface area (Å²) >= 11 is 0.808. The van der Waals surface area contributed by atoms with E-state index < -0.39 is 144 Å². The van der Waals surface area contributed by atoms with Crippen LogP contribution in [0.4, 0.5) is 18.7 Å². The number of hydrogen-bond acceptors (Lipinski definition) is 19. The molecule has 25 heteroatoms. The quantitative estimate of drug-likeness (QED) is 0.0472. The molecule has 0 radical (unpaired) electrons. The first-order valence-electron chi connectivity index (χ1n) is 25.0. The number of hydrogen-bond donors (Lipinski definition) is 2. The number of fused-ring (bicyclic) bond motifs is 2. The van der Waals surface area contributed by atoms with Crippen LogP contribution in [0.25, 0.3) is 0 Å². The van der Waals surface area contributed by atoms with E-state index in [1.165, 1.54) is 38.3 Å². The molecule has 1 aromatic heterocycles. The molecule has 5 heterocycles. The Morgan fingerprint density at radius 3 is 1.80 bits per heavy atom. The van der Waals surface area contributed by atoms with Crippen LogP contribution in [0.15, 0.2) is 83.3 Å². The molecule has 3 aromatic carbocycles. The molecular formula is C54H56F2N6O16S. The van der Waals surface area contributed by atoms with Gasteiger partial charge < -0.3 is 38.6 Å². The van der Waals surface area contributed by atoms with E-state index in [1.54, 1.807) is 90.1 Å². The molecule has 2 N–H and O–H groups in total. The van der Waals surface area contributed by atoms with Gasteiger partial charge in [-0.3, -0.25) is 34.2 Å². The van der Waals surface area contributed by atoms with Gasteiger partial charge in [0.1, 0.15) is 41.2 Å². The van der Waals surface area contributed by atoms with Crippen molar-refractivity contribution < 1.29 is 85.2 Å². The number of rotatable bonds is 12. The van der Waals surface area contributed by atoms with Gasteiger partial charge in [0.2, 0.25) is 11.5 Å². The molecule has 5 amide bonds. The number of halogens is 2. The Labute approximate surface area is 454 Å². The minimum atomic E-state index is -3.16. The summed E-state index contributed by atoms with van der Waals surface area (Å²) in [5.41, 5.74) is -8.42. The van der Waals surface area contributed by atoms with Gasteiger partial charge in [-0.25, -0.2) is 32.9 Å². The highest BCUT2D eigenvalue weighted by Gasteiger charge is 2.66. The highest BCUT2D eigenvalue weighted by molar-refractivity contribution is 7.14. The van der Waals surface area contributed by atoms with Crippen LogP contribution in [0.3, 0.4) is 0 Å². The summed E-state index contributed by atoms with van der Waals surface area (Å²) in [6.07, 6.45) is -4.59. The minimum absolute atomic E-state index is 0.101. The van der Waals surface area contributed by atoms with Gasteiger partial charge in [-0.05, 0) is 74.4 Å². The maximum atomic E-state index is 14.6. The van der Waals surface area contributed by atoms with Crippen molar-refractivity contribution in [2.75, 3.05) is 11.9 Å². The highest BCUT2D eigenvalue weighted by atomic mass is 32.1. The van der Waals surface area contributed by atoms with Crippen molar-refractivity contribution in [3.8, 4) is 11.5 Å². The molecule has 79 heavy (non-hydrogen) atoms. The smallest absolute Gasteiger partial charge is 0.413 e. The molecule has 0 spiro atoms. The number of carbonyl (C=O) groups excluding carboxylic acids is 8. The molecule has 1 aliphatic carbocycles. The second-order valence-corrected chi connectivity index (χ2v) is 23.2. The van der Waals surface area contributed by atoms with Crippen LogP contribution < -0.4 is 20.1 Å². The number of carbonyl (C=O) groups is 8. The third kappa shape index (κ3) is 11.0. The first kappa shape index (κ1) is 55.7. The van der Waals surface area contributed by atoms with Gasteiger partial charge in [0.05, 0.1) is 17.5 Å². The fraction of sp³-hybridized carbons (Fsp3) is 0.444. The van der Waals surface area contributed by atoms with Crippen LogP contribution in [0.1, 0.15) is 132 Å². The van der Waals surface area contributed by atoms with Gasteiger partial charge >= 0.3 is 35.5 Å². The number of nitrogens with zero attached hydrogens (tertiary/aromatic N) is 4. The topological polar surface area (TPSA) is 266 Å². The second-order valence-electron chi connectivity index (χ2n) is 22.3. The number of aromatic nitrogens is 1. The number of imide groups is 1. The van der Waals surface area contributed by atoms with Crippen LogP contribution in [0.2, 0.25) is 0 Å². The number of thiazole rings is 1. The Morgan fingerprint density at radius 1 is 0.734 bits per heavy atom. The number of benzene rings is 3. The molecule has 1 unspecified atom stereocenters. The first-order chi connectivity index (χ1) is 36.9. The summed E-state index contributed by atoms with van der Waals surface area (Å²) in [5.74, 6) is -12.5. The van der Waals surface area contributed by atoms with Crippen molar-refractivity contribution >= 4 is 69.8 Å². The van der Waals surface area contributed by atoms with Crippen LogP contribution >= 0.6 is 11.3 Å². The molecular weight excluding hydrogens is 1060 g/mol. The lowest BCUT2D eigenvalue weighted by atomic mass is 9.82. The van der Waals surface area contributed by atoms with E-state index in [0.29, 0.717) is 21.1 Å². The largest absolute Gasteiger partial charge is 0.457 e. The predicted molar refractivity (Wildman–Crippen MR) is 271 cm³/mol. The van der Waals surface area contributed by atoms with E-state index in [0.717, 1.165) is 11.3 Å². The normalized spacial score (nSPS) is 22.2. The minimum Gasteiger partial charge on any atom is -0.457 e. The van der Waals surface area contributed by atoms with Gasteiger partial charge in [0, 0.05) is 42.2 Å². The average molecular weight is 1120 g/mol. The standard InChI is InChI=1S/C54H56F2N6O16S/c1-48(2,3)75-44(68)51(20-22-52(55,56)23-21-51)78-60-38(34-28-79-46(58-34)59-47(70)77-50(7,8)9)39(63)57-33-27-71-62(42(33)66)53(45(69)76-49(4,5)6)26-35(43(67)74-53)61-40(64)31-24-36-37(25-32(31)41(61)65)73-54(72-36,29-16-12-10-13-17-29)30-18-14-11-15-19-30/h10-19,24-25,28,33,35H,20-23,26-27H2,1-9H3,(H,57,63)(H,58,59,70)/b60-38-/t33-,35-,53?/m0/s1. The number of anilines is 1. The van der Waals surface area contributed by atoms with Crippen molar-refractivity contribution in [1.29, 1.82) is 0 Å². The SMILES string of the molecule is CC(C)(C)OC(=O)Nc1nc(/C(=N/OC2(C(=O)OC(C)(C)C)CCC(F)(F)CC2)C(=O)N[C@H]2CON(C3(C(=O)OC(C)(C)C)C[C@H](N4C(=O)c5cc6c(cc5C4=O)OC(c4ccccc4)(c4ccccc4)O6)C(=O)O3)C2=O)cs1. The van der Waals surface area contributed by atoms with E-state index in [4.69, 9.17) is 38.1 Å². The van der Waals surface area contributed by atoms with Crippen molar-refractivity contribution in [2.45, 2.75) is 146 Å². The van der Waals surface area contributed by atoms with E-state index in [2.05, 4.69) is 20.8 Å². The number of oxime groups is 1. The van der Waals surface area contributed by atoms with Crippen LogP contribution in [-0.4, -0.2) is 121 Å². The van der Waals surface area contributed by atoms with Gasteiger partial charge in [-0.2, -0.15) is 5.06 Å². The van der Waals surface area contributed by atoms with Gasteiger partial charge in [0.25, 0.3) is 23.6 Å². The third-order valence-electron chi connectivity index (χ3n) is 12.8. The van der Waals surface area contributed by atoms with Crippen molar-refractivity contribution in [2.24, 2.45) is 5.16 Å². The van der Waals surface area contributed by atoms with Crippen LogP contribution in [0, 0.1) is 0 Å². The molecule has 22 nitrogen and oxygen atoms in total. The summed E-state index contributed by atoms with van der Waals surface area (Å²) in [6.45, 7) is 13.3. The molecule has 418 valence electrons. The predicted octanol–water partition coefficient (Wildman–Crippen LogP) is 7.08. The fourth-order valence-corrected chi connectivity index (χ4v) is 9.88. The van der Waals surface area contributed by atoms with Crippen LogP contribution in [0.5, 0.6) is 11.5 Å². The van der Waals surface area contributed by atoms with E-state index in [-0.39, 0.29) is 33.5 Å². The van der Waals surface area contributed by atoms with Gasteiger partial charge in [-0.1, -0.05) is 65.8 Å². The Hall–Kier alpha value is -8.06. The molecule has 2 saturated heterocycles. The van der Waals surface area contributed by atoms with Gasteiger partial charge in [0.15, 0.2) is 22.3 Å². The Balaban J connectivity index is 0.990. The number of nitrogens with one attached hydrogen (secondary N) is 2. The molecule has 3 atom stereocenters. The number of ether oxygens (including phenoxy) is 6. The molecule has 0 bridgehead atoms. The lowest BCUT2D eigenvalue weighted by Crippen LogP contribution is -2.59. The summed E-state index contributed by atoms with van der Waals surface area (Å²) in [5, 5.41) is 10.4. The van der Waals surface area contributed by atoms with Crippen LogP contribution in [-0.2, 0) is 58.4 Å². The lowest BCUT2D eigenvalue weighted by Gasteiger charge is -2.37. The molecule has 5 aliphatic rings. The Bertz CT molecular complexity index is 3090. The lowest BCUT2D eigenvalue weighted by molar-refractivity contribution is -0.263. The summed E-state index contributed by atoms with van der Waals surface area (Å²) in [7, 11) is 0. The summed E-state index contributed by atoms with van der Waals surface area (Å²) < 4.78 is 64.4. The maximum Gasteiger partial charge on any atom is 0.413 e. The zero-order valence-corrected chi connectivity index (χ0v) is 45.2. The highest BCUT2D eigenvalue weighted by Crippen LogP contribution is 2.51. The average Bonchev–Trinajstić information content (AvgIpc) is 4.41. The number of hydroxylamine groups is 2. The Morgan fingerprint density at radius 2 is 1.27 bits per heavy atom. The summed E-state index contributed by atoms with van der Waals surface area (Å²) in [4.78, 5) is 129. The number of cyclic esters (lactones) is 1. The fourth-order valence-electron chi connectivity index (χ4n) is 9.19. The molecule has 1 saturated carbocycles. The zero-order chi connectivity index (χ0) is 57.3. The first-order valence-corrected chi connectivity index (χ1v) is 25.9. The zero-order valence-electron chi connectivity index (χ0n) is 44.4. The maximum absolute atomic E-state index is 14.6. The van der Waals surface area contributed by atoms with Crippen molar-refractivity contribution in [1.82, 2.24) is 20.3 Å². The molecule has 4 aromatic rings. The summed E-state index contributed by atoms with van der Waals surface area (Å²) in [6, 6.07) is 17.0. The second kappa shape index (κ2) is 20.0. The number of esters is 3. The van der Waals surface area contributed by atoms with Gasteiger partial charge in [-0.15, -0.1) is 11.3 Å². The van der Waals surface area contributed by atoms with E-state index in [1.807, 2.05) is 12.1 Å². The van der Waals surface area contributed by atoms with E-state index in [9.17, 15) is 47.1 Å². The Kier molecular flexibility index (Phi) is 14.1. The number of alkyl halides is 2. The third-order valence-corrected chi connectivity index (χ3v) is 13.5. The molecule has 3 fully saturated rings. The molecule has 4 aliphatic heterocycles. The van der Waals surface area contributed by atoms with Crippen molar-refractivity contribution in [3.05, 3.63) is 106 Å².